The number of aliphatic hydroxyl groups is 1. The number of benzene rings is 1. The molecule has 0 spiro atoms. The summed E-state index contributed by atoms with van der Waals surface area (Å²) in [7, 11) is 1.49. The molecule has 2 nitrogen and oxygen atoms in total. The van der Waals surface area contributed by atoms with Gasteiger partial charge in [-0.1, -0.05) is 12.1 Å². The lowest BCUT2D eigenvalue weighted by atomic mass is 9.99. The highest BCUT2D eigenvalue weighted by Crippen LogP contribution is 2.29. The fraction of sp³-hybridized carbons (Fsp3) is 0.455. The average Bonchev–Trinajstić information content (AvgIpc) is 2.25. The van der Waals surface area contributed by atoms with Crippen molar-refractivity contribution in [1.82, 2.24) is 0 Å². The van der Waals surface area contributed by atoms with Gasteiger partial charge in [-0.25, -0.2) is 0 Å². The Morgan fingerprint density at radius 2 is 1.81 bits per heavy atom. The minimum atomic E-state index is -4.37. The molecule has 0 aliphatic carbocycles. The third kappa shape index (κ3) is 3.41. The van der Waals surface area contributed by atoms with E-state index in [2.05, 4.69) is 0 Å². The lowest BCUT2D eigenvalue weighted by molar-refractivity contribution is -0.183. The van der Waals surface area contributed by atoms with E-state index in [0.29, 0.717) is 11.3 Å². The number of ether oxygens (including phenoxy) is 1. The smallest absolute Gasteiger partial charge is 0.394 e. The molecular weight excluding hydrogens is 221 g/mol. The number of rotatable bonds is 4. The van der Waals surface area contributed by atoms with Gasteiger partial charge in [0.2, 0.25) is 0 Å². The highest BCUT2D eigenvalue weighted by Gasteiger charge is 2.38. The molecule has 1 rings (SSSR count). The van der Waals surface area contributed by atoms with Crippen LogP contribution in [0, 0.1) is 5.92 Å². The molecule has 16 heavy (non-hydrogen) atoms. The van der Waals surface area contributed by atoms with E-state index >= 15 is 0 Å². The zero-order valence-electron chi connectivity index (χ0n) is 8.79. The molecule has 5 heteroatoms. The lowest BCUT2D eigenvalue weighted by Gasteiger charge is -2.17. The fourth-order valence-corrected chi connectivity index (χ4v) is 1.33. The van der Waals surface area contributed by atoms with Crippen molar-refractivity contribution in [3.63, 3.8) is 0 Å². The Hall–Kier alpha value is -1.23. The van der Waals surface area contributed by atoms with Crippen molar-refractivity contribution in [2.45, 2.75) is 12.6 Å². The van der Waals surface area contributed by atoms with Gasteiger partial charge in [-0.2, -0.15) is 13.2 Å². The Balaban J connectivity index is 2.71. The molecule has 0 aliphatic rings. The van der Waals surface area contributed by atoms with Crippen molar-refractivity contribution < 1.29 is 23.0 Å². The van der Waals surface area contributed by atoms with E-state index in [1.54, 1.807) is 24.3 Å². The summed E-state index contributed by atoms with van der Waals surface area (Å²) in [6, 6.07) is 6.32. The second-order valence-electron chi connectivity index (χ2n) is 3.47. The summed E-state index contributed by atoms with van der Waals surface area (Å²) in [6.07, 6.45) is -4.58. The zero-order chi connectivity index (χ0) is 12.2. The molecule has 0 bridgehead atoms. The molecular formula is C11H13F3O2. The number of hydrogen-bond donors (Lipinski definition) is 1. The van der Waals surface area contributed by atoms with Crippen LogP contribution in [0.1, 0.15) is 5.56 Å². The first-order valence-electron chi connectivity index (χ1n) is 4.78. The molecule has 1 N–H and O–H groups in total. The standard InChI is InChI=1S/C11H13F3O2/c1-16-10-4-2-8(3-5-10)6-9(7-15)11(12,13)14/h2-5,9,15H,6-7H2,1H3. The van der Waals surface area contributed by atoms with Crippen molar-refractivity contribution in [3.8, 4) is 5.75 Å². The van der Waals surface area contributed by atoms with Gasteiger partial charge in [0.15, 0.2) is 0 Å². The minimum absolute atomic E-state index is 0.218. The van der Waals surface area contributed by atoms with Gasteiger partial charge in [-0.3, -0.25) is 0 Å². The quantitative estimate of drug-likeness (QED) is 0.866. The maximum atomic E-state index is 12.4. The van der Waals surface area contributed by atoms with Gasteiger partial charge in [0.05, 0.1) is 19.6 Å². The SMILES string of the molecule is COc1ccc(CC(CO)C(F)(F)F)cc1. The van der Waals surface area contributed by atoms with E-state index < -0.39 is 18.7 Å². The fourth-order valence-electron chi connectivity index (χ4n) is 1.33. The summed E-state index contributed by atoms with van der Waals surface area (Å²) in [4.78, 5) is 0. The predicted molar refractivity (Wildman–Crippen MR) is 53.3 cm³/mol. The van der Waals surface area contributed by atoms with Crippen molar-refractivity contribution in [2.24, 2.45) is 5.92 Å². The van der Waals surface area contributed by atoms with Crippen LogP contribution in [0.5, 0.6) is 5.75 Å². The molecule has 0 saturated carbocycles. The van der Waals surface area contributed by atoms with Crippen LogP contribution >= 0.6 is 0 Å². The third-order valence-corrected chi connectivity index (χ3v) is 2.32. The molecule has 90 valence electrons. The van der Waals surface area contributed by atoms with Gasteiger partial charge in [-0.05, 0) is 24.1 Å². The zero-order valence-corrected chi connectivity index (χ0v) is 8.79. The highest BCUT2D eigenvalue weighted by atomic mass is 19.4. The van der Waals surface area contributed by atoms with E-state index in [9.17, 15) is 13.2 Å². The summed E-state index contributed by atoms with van der Waals surface area (Å²) < 4.78 is 42.0. The van der Waals surface area contributed by atoms with Gasteiger partial charge in [-0.15, -0.1) is 0 Å². The molecule has 0 aliphatic heterocycles. The van der Waals surface area contributed by atoms with Crippen LogP contribution in [0.3, 0.4) is 0 Å². The van der Waals surface area contributed by atoms with Crippen LogP contribution in [0.2, 0.25) is 0 Å². The number of methoxy groups -OCH3 is 1. The summed E-state index contributed by atoms with van der Waals surface area (Å²) >= 11 is 0. The third-order valence-electron chi connectivity index (χ3n) is 2.32. The van der Waals surface area contributed by atoms with Crippen LogP contribution in [0.15, 0.2) is 24.3 Å². The Morgan fingerprint density at radius 1 is 1.25 bits per heavy atom. The normalized spacial score (nSPS) is 13.6. The molecule has 1 aromatic carbocycles. The van der Waals surface area contributed by atoms with Crippen LogP contribution in [-0.4, -0.2) is 25.0 Å². The summed E-state index contributed by atoms with van der Waals surface area (Å²) in [6.45, 7) is -0.893. The van der Waals surface area contributed by atoms with Gasteiger partial charge >= 0.3 is 6.18 Å². The second kappa shape index (κ2) is 5.21. The monoisotopic (exact) mass is 234 g/mol. The van der Waals surface area contributed by atoms with Crippen molar-refractivity contribution in [3.05, 3.63) is 29.8 Å². The van der Waals surface area contributed by atoms with Crippen LogP contribution in [0.4, 0.5) is 13.2 Å². The lowest BCUT2D eigenvalue weighted by Crippen LogP contribution is -2.28. The predicted octanol–water partition coefficient (Wildman–Crippen LogP) is 2.41. The van der Waals surface area contributed by atoms with Crippen LogP contribution < -0.4 is 4.74 Å². The van der Waals surface area contributed by atoms with Crippen LogP contribution in [0.25, 0.3) is 0 Å². The average molecular weight is 234 g/mol. The highest BCUT2D eigenvalue weighted by molar-refractivity contribution is 5.27. The molecule has 0 radical (unpaired) electrons. The molecule has 0 aromatic heterocycles. The summed E-state index contributed by atoms with van der Waals surface area (Å²) in [5.74, 6) is -1.11. The molecule has 0 saturated heterocycles. The van der Waals surface area contributed by atoms with Gasteiger partial charge in [0.1, 0.15) is 5.75 Å². The van der Waals surface area contributed by atoms with E-state index in [4.69, 9.17) is 9.84 Å². The minimum Gasteiger partial charge on any atom is -0.497 e. The number of alkyl halides is 3. The van der Waals surface area contributed by atoms with Crippen molar-refractivity contribution in [1.29, 1.82) is 0 Å². The maximum Gasteiger partial charge on any atom is 0.394 e. The largest absolute Gasteiger partial charge is 0.497 e. The van der Waals surface area contributed by atoms with Gasteiger partial charge in [0, 0.05) is 0 Å². The van der Waals surface area contributed by atoms with Crippen molar-refractivity contribution >= 4 is 0 Å². The molecule has 1 aromatic rings. The number of aliphatic hydroxyl groups excluding tert-OH is 1. The second-order valence-corrected chi connectivity index (χ2v) is 3.47. The molecule has 0 amide bonds. The van der Waals surface area contributed by atoms with E-state index in [0.717, 1.165) is 0 Å². The van der Waals surface area contributed by atoms with Crippen LogP contribution in [-0.2, 0) is 6.42 Å². The first-order chi connectivity index (χ1) is 7.47. The van der Waals surface area contributed by atoms with E-state index in [1.165, 1.54) is 7.11 Å². The van der Waals surface area contributed by atoms with E-state index in [-0.39, 0.29) is 6.42 Å². The van der Waals surface area contributed by atoms with Crippen molar-refractivity contribution in [2.75, 3.05) is 13.7 Å². The first kappa shape index (κ1) is 12.8. The Labute approximate surface area is 91.7 Å². The summed E-state index contributed by atoms with van der Waals surface area (Å²) in [5, 5.41) is 8.68. The Bertz CT molecular complexity index is 319. The summed E-state index contributed by atoms with van der Waals surface area (Å²) in [5.41, 5.74) is 0.525. The first-order valence-corrected chi connectivity index (χ1v) is 4.78. The Morgan fingerprint density at radius 3 is 2.19 bits per heavy atom. The Kier molecular flexibility index (Phi) is 4.18. The maximum absolute atomic E-state index is 12.4. The molecule has 0 heterocycles. The number of halogens is 3. The topological polar surface area (TPSA) is 29.5 Å². The molecule has 1 atom stereocenters. The number of hydrogen-bond acceptors (Lipinski definition) is 2. The van der Waals surface area contributed by atoms with Gasteiger partial charge in [0.25, 0.3) is 0 Å². The van der Waals surface area contributed by atoms with E-state index in [1.807, 2.05) is 0 Å². The molecule has 1 unspecified atom stereocenters. The molecule has 0 fully saturated rings. The van der Waals surface area contributed by atoms with Gasteiger partial charge < -0.3 is 9.84 Å².